The highest BCUT2D eigenvalue weighted by Crippen LogP contribution is 2.49. The molecular formula is C35H41FN2O4. The molecule has 3 heterocycles. The van der Waals surface area contributed by atoms with Gasteiger partial charge >= 0.3 is 5.97 Å². The zero-order valence-corrected chi connectivity index (χ0v) is 25.3. The number of benzene rings is 2. The Kier molecular flexibility index (Phi) is 7.60. The normalized spacial score (nSPS) is 20.8. The van der Waals surface area contributed by atoms with Crippen molar-refractivity contribution in [2.45, 2.75) is 84.5 Å². The third-order valence-electron chi connectivity index (χ3n) is 8.96. The Labute approximate surface area is 247 Å². The summed E-state index contributed by atoms with van der Waals surface area (Å²) in [4.78, 5) is 20.2. The molecule has 0 spiro atoms. The second-order valence-corrected chi connectivity index (χ2v) is 13.1. The number of nitrogens with zero attached hydrogens (tertiary/aromatic N) is 2. The van der Waals surface area contributed by atoms with Gasteiger partial charge < -0.3 is 14.6 Å². The summed E-state index contributed by atoms with van der Waals surface area (Å²) < 4.78 is 27.6. The van der Waals surface area contributed by atoms with Crippen molar-refractivity contribution < 1.29 is 23.8 Å². The largest absolute Gasteiger partial charge is 0.490 e. The van der Waals surface area contributed by atoms with Crippen LogP contribution in [0.25, 0.3) is 11.1 Å². The molecule has 0 saturated heterocycles. The predicted molar refractivity (Wildman–Crippen MR) is 160 cm³/mol. The minimum Gasteiger partial charge on any atom is -0.490 e. The van der Waals surface area contributed by atoms with Crippen LogP contribution in [0.2, 0.25) is 0 Å². The second-order valence-electron chi connectivity index (χ2n) is 13.1. The maximum absolute atomic E-state index is 15.7. The monoisotopic (exact) mass is 572 g/mol. The molecule has 6 rings (SSSR count). The topological polar surface area (TPSA) is 71.9 Å². The quantitative estimate of drug-likeness (QED) is 0.331. The van der Waals surface area contributed by atoms with Gasteiger partial charge in [0.15, 0.2) is 17.7 Å². The van der Waals surface area contributed by atoms with Crippen LogP contribution < -0.4 is 4.74 Å². The maximum Gasteiger partial charge on any atom is 0.337 e. The van der Waals surface area contributed by atoms with E-state index in [1.807, 2.05) is 34.6 Å². The molecule has 0 bridgehead atoms. The van der Waals surface area contributed by atoms with E-state index in [1.54, 1.807) is 6.07 Å². The predicted octanol–water partition coefficient (Wildman–Crippen LogP) is 6.93. The van der Waals surface area contributed by atoms with Crippen LogP contribution in [0.4, 0.5) is 4.39 Å². The molecule has 7 heteroatoms. The standard InChI is InChI=1S/C35H41FN2O4/c1-20-24-12-9-15-41-32(24)28(36)17-25(20)31-27-19-38(18-23-16-26(23)22-10-7-6-8-11-22)14-13-29(27)37-21(2)30(31)33(34(39)40)42-35(3,4)5/h6-8,10-11,17,23,26,33H,9,12-16,18-19H2,1-5H3,(H,39,40)/t23-,26?,33-/m0/s1. The van der Waals surface area contributed by atoms with Crippen LogP contribution in [-0.4, -0.2) is 46.3 Å². The zero-order valence-electron chi connectivity index (χ0n) is 25.3. The average molecular weight is 573 g/mol. The van der Waals surface area contributed by atoms with E-state index in [1.165, 1.54) is 12.0 Å². The molecule has 3 atom stereocenters. The number of halogens is 1. The van der Waals surface area contributed by atoms with E-state index in [2.05, 4.69) is 35.2 Å². The molecular weight excluding hydrogens is 531 g/mol. The molecule has 1 fully saturated rings. The number of aliphatic carboxylic acids is 1. The summed E-state index contributed by atoms with van der Waals surface area (Å²) in [6, 6.07) is 12.2. The second kappa shape index (κ2) is 11.1. The van der Waals surface area contributed by atoms with E-state index in [9.17, 15) is 9.90 Å². The number of pyridine rings is 1. The summed E-state index contributed by atoms with van der Waals surface area (Å²) in [5.41, 5.74) is 7.05. The van der Waals surface area contributed by atoms with Crippen LogP contribution in [0.3, 0.4) is 0 Å². The molecule has 222 valence electrons. The van der Waals surface area contributed by atoms with Crippen molar-refractivity contribution in [3.8, 4) is 16.9 Å². The first-order valence-corrected chi connectivity index (χ1v) is 15.2. The number of hydrogen-bond acceptors (Lipinski definition) is 5. The number of hydrogen-bond donors (Lipinski definition) is 1. The Morgan fingerprint density at radius 1 is 1.19 bits per heavy atom. The van der Waals surface area contributed by atoms with Crippen LogP contribution in [-0.2, 0) is 28.9 Å². The first-order chi connectivity index (χ1) is 20.0. The van der Waals surface area contributed by atoms with Gasteiger partial charge in [0.2, 0.25) is 0 Å². The van der Waals surface area contributed by atoms with E-state index in [4.69, 9.17) is 14.5 Å². The van der Waals surface area contributed by atoms with Crippen molar-refractivity contribution in [1.29, 1.82) is 0 Å². The summed E-state index contributed by atoms with van der Waals surface area (Å²) in [6.07, 6.45) is 2.24. The molecule has 1 saturated carbocycles. The van der Waals surface area contributed by atoms with Crippen LogP contribution in [0, 0.1) is 25.6 Å². The molecule has 2 aromatic carbocycles. The van der Waals surface area contributed by atoms with Crippen LogP contribution in [0.15, 0.2) is 36.4 Å². The number of fused-ring (bicyclic) bond motifs is 2. The van der Waals surface area contributed by atoms with Gasteiger partial charge in [0.25, 0.3) is 0 Å². The van der Waals surface area contributed by atoms with E-state index >= 15 is 4.39 Å². The van der Waals surface area contributed by atoms with Crippen molar-refractivity contribution >= 4 is 5.97 Å². The van der Waals surface area contributed by atoms with E-state index < -0.39 is 23.5 Å². The third kappa shape index (κ3) is 5.57. The summed E-state index contributed by atoms with van der Waals surface area (Å²) in [5.74, 6) is 0.0108. The Morgan fingerprint density at radius 2 is 1.95 bits per heavy atom. The molecule has 2 aliphatic heterocycles. The van der Waals surface area contributed by atoms with E-state index in [-0.39, 0.29) is 0 Å². The van der Waals surface area contributed by atoms with Crippen molar-refractivity contribution in [2.75, 3.05) is 19.7 Å². The minimum atomic E-state index is -1.24. The van der Waals surface area contributed by atoms with Gasteiger partial charge in [-0.05, 0) is 99.6 Å². The molecule has 1 unspecified atom stereocenters. The number of carbonyl (C=O) groups is 1. The molecule has 0 radical (unpaired) electrons. The maximum atomic E-state index is 15.7. The molecule has 1 aromatic heterocycles. The lowest BCUT2D eigenvalue weighted by molar-refractivity contribution is -0.160. The fourth-order valence-corrected chi connectivity index (χ4v) is 6.94. The fourth-order valence-electron chi connectivity index (χ4n) is 6.94. The molecule has 0 amide bonds. The van der Waals surface area contributed by atoms with E-state index in [0.717, 1.165) is 60.3 Å². The molecule has 6 nitrogen and oxygen atoms in total. The number of rotatable bonds is 7. The smallest absolute Gasteiger partial charge is 0.337 e. The summed E-state index contributed by atoms with van der Waals surface area (Å²) >= 11 is 0. The molecule has 1 aliphatic carbocycles. The number of aromatic nitrogens is 1. The summed E-state index contributed by atoms with van der Waals surface area (Å²) in [6.45, 7) is 12.4. The zero-order chi connectivity index (χ0) is 29.8. The Hall–Kier alpha value is -3.29. The van der Waals surface area contributed by atoms with Crippen molar-refractivity contribution in [1.82, 2.24) is 9.88 Å². The molecule has 42 heavy (non-hydrogen) atoms. The SMILES string of the molecule is Cc1nc2c(c(-c3cc(F)c4c(c3C)CCCO4)c1[C@H](OC(C)(C)C)C(=O)O)CN(C[C@@H]1CC1c1ccccc1)CC2. The molecule has 1 N–H and O–H groups in total. The van der Waals surface area contributed by atoms with Crippen molar-refractivity contribution in [3.05, 3.63) is 81.4 Å². The lowest BCUT2D eigenvalue weighted by Crippen LogP contribution is -2.35. The van der Waals surface area contributed by atoms with Crippen molar-refractivity contribution in [3.63, 3.8) is 0 Å². The number of ether oxygens (including phenoxy) is 2. The van der Waals surface area contributed by atoms with Gasteiger partial charge in [-0.25, -0.2) is 9.18 Å². The first-order valence-electron chi connectivity index (χ1n) is 15.2. The van der Waals surface area contributed by atoms with Crippen LogP contribution in [0.1, 0.15) is 84.8 Å². The highest BCUT2D eigenvalue weighted by Gasteiger charge is 2.41. The number of carboxylic acids is 1. The number of carboxylic acid groups (broad SMARTS) is 1. The molecule has 3 aromatic rings. The lowest BCUT2D eigenvalue weighted by Gasteiger charge is -2.34. The van der Waals surface area contributed by atoms with Crippen LogP contribution in [0.5, 0.6) is 5.75 Å². The first kappa shape index (κ1) is 28.8. The highest BCUT2D eigenvalue weighted by atomic mass is 19.1. The lowest BCUT2D eigenvalue weighted by atomic mass is 9.83. The Morgan fingerprint density at radius 3 is 2.67 bits per heavy atom. The van der Waals surface area contributed by atoms with Gasteiger partial charge in [-0.3, -0.25) is 9.88 Å². The Balaban J connectivity index is 1.46. The minimum absolute atomic E-state index is 0.326. The van der Waals surface area contributed by atoms with Crippen molar-refractivity contribution in [2.24, 2.45) is 5.92 Å². The number of aryl methyl sites for hydroxylation is 1. The average Bonchev–Trinajstić information content (AvgIpc) is 3.72. The van der Waals surface area contributed by atoms with Gasteiger partial charge in [0.1, 0.15) is 0 Å². The summed E-state index contributed by atoms with van der Waals surface area (Å²) in [7, 11) is 0. The van der Waals surface area contributed by atoms with Gasteiger partial charge in [0.05, 0.1) is 12.2 Å². The van der Waals surface area contributed by atoms with Gasteiger partial charge in [-0.15, -0.1) is 0 Å². The highest BCUT2D eigenvalue weighted by molar-refractivity contribution is 5.84. The molecule has 3 aliphatic rings. The van der Waals surface area contributed by atoms with E-state index in [0.29, 0.717) is 47.6 Å². The fraction of sp³-hybridized carbons (Fsp3) is 0.486. The van der Waals surface area contributed by atoms with Gasteiger partial charge in [0, 0.05) is 48.6 Å². The third-order valence-corrected chi connectivity index (χ3v) is 8.96. The van der Waals surface area contributed by atoms with Crippen LogP contribution >= 0.6 is 0 Å². The Bertz CT molecular complexity index is 1510. The van der Waals surface area contributed by atoms with Gasteiger partial charge in [-0.2, -0.15) is 0 Å². The van der Waals surface area contributed by atoms with Gasteiger partial charge in [-0.1, -0.05) is 30.3 Å². The summed E-state index contributed by atoms with van der Waals surface area (Å²) in [5, 5.41) is 10.5.